The van der Waals surface area contributed by atoms with E-state index in [1.165, 1.54) is 27.7 Å². The van der Waals surface area contributed by atoms with E-state index in [1.54, 1.807) is 6.92 Å². The standard InChI is InChI=1S/C11H16N4O6/c1-6-11(12(7(2)16)14(6)20-9(4)18)13(8(3)17)15(11)21-10(5)19/h6H,1-5H3. The number of hydrogen-bond donors (Lipinski definition) is 0. The minimum atomic E-state index is -1.28. The van der Waals surface area contributed by atoms with E-state index in [2.05, 4.69) is 0 Å². The summed E-state index contributed by atoms with van der Waals surface area (Å²) in [6.07, 6.45) is 0. The molecule has 2 fully saturated rings. The molecule has 0 N–H and O–H groups in total. The third-order valence-corrected chi connectivity index (χ3v) is 3.17. The van der Waals surface area contributed by atoms with Crippen LogP contribution in [0.1, 0.15) is 34.6 Å². The topological polar surface area (TPSA) is 99.2 Å². The third-order valence-electron chi connectivity index (χ3n) is 3.17. The minimum absolute atomic E-state index is 0.420. The van der Waals surface area contributed by atoms with Crippen molar-refractivity contribution in [2.45, 2.75) is 46.4 Å². The van der Waals surface area contributed by atoms with Gasteiger partial charge in [-0.05, 0) is 12.1 Å². The van der Waals surface area contributed by atoms with Gasteiger partial charge in [0.2, 0.25) is 11.8 Å². The zero-order valence-corrected chi connectivity index (χ0v) is 12.3. The van der Waals surface area contributed by atoms with Gasteiger partial charge in [-0.1, -0.05) is 0 Å². The molecule has 10 heteroatoms. The smallest absolute Gasteiger partial charge is 0.324 e. The summed E-state index contributed by atoms with van der Waals surface area (Å²) in [6.45, 7) is 6.50. The summed E-state index contributed by atoms with van der Waals surface area (Å²) < 4.78 is 0. The molecule has 0 radical (unpaired) electrons. The van der Waals surface area contributed by atoms with Crippen LogP contribution < -0.4 is 0 Å². The fraction of sp³-hybridized carbons (Fsp3) is 0.636. The van der Waals surface area contributed by atoms with Crippen LogP contribution in [0.3, 0.4) is 0 Å². The van der Waals surface area contributed by atoms with Crippen molar-refractivity contribution in [3.8, 4) is 0 Å². The van der Waals surface area contributed by atoms with Gasteiger partial charge in [0, 0.05) is 32.9 Å². The van der Waals surface area contributed by atoms with Gasteiger partial charge in [0.25, 0.3) is 5.79 Å². The van der Waals surface area contributed by atoms with Crippen molar-refractivity contribution in [3.63, 3.8) is 0 Å². The molecule has 1 spiro atoms. The maximum atomic E-state index is 11.8. The molecule has 2 heterocycles. The predicted octanol–water partition coefficient (Wildman–Crippen LogP) is -0.857. The highest BCUT2D eigenvalue weighted by Crippen LogP contribution is 2.54. The monoisotopic (exact) mass is 300 g/mol. The molecular weight excluding hydrogens is 284 g/mol. The number of rotatable bonds is 2. The Labute approximate surface area is 120 Å². The zero-order chi connectivity index (χ0) is 16.1. The lowest BCUT2D eigenvalue weighted by molar-refractivity contribution is -0.383. The highest BCUT2D eigenvalue weighted by Gasteiger charge is 2.84. The lowest BCUT2D eigenvalue weighted by Gasteiger charge is -2.50. The number of hydrogen-bond acceptors (Lipinski definition) is 8. The summed E-state index contributed by atoms with van der Waals surface area (Å²) in [5.41, 5.74) is 0. The zero-order valence-electron chi connectivity index (χ0n) is 12.3. The first-order valence-corrected chi connectivity index (χ1v) is 6.23. The van der Waals surface area contributed by atoms with E-state index in [0.29, 0.717) is 0 Å². The minimum Gasteiger partial charge on any atom is -0.348 e. The maximum Gasteiger partial charge on any atom is 0.324 e. The predicted molar refractivity (Wildman–Crippen MR) is 64.4 cm³/mol. The molecule has 0 aromatic rings. The normalized spacial score (nSPS) is 30.7. The van der Waals surface area contributed by atoms with Crippen molar-refractivity contribution < 1.29 is 28.9 Å². The van der Waals surface area contributed by atoms with Crippen LogP contribution in [0.25, 0.3) is 0 Å². The fourth-order valence-corrected chi connectivity index (χ4v) is 2.51. The summed E-state index contributed by atoms with van der Waals surface area (Å²) in [5, 5.41) is 4.21. The lowest BCUT2D eigenvalue weighted by Crippen LogP contribution is -2.76. The Morgan fingerprint density at radius 3 is 1.71 bits per heavy atom. The van der Waals surface area contributed by atoms with Gasteiger partial charge in [0.1, 0.15) is 6.04 Å². The van der Waals surface area contributed by atoms with E-state index in [9.17, 15) is 19.2 Å². The molecule has 2 rings (SSSR count). The number of carbonyl (C=O) groups excluding carboxylic acids is 4. The molecule has 3 unspecified atom stereocenters. The quantitative estimate of drug-likeness (QED) is 0.608. The molecule has 2 saturated heterocycles. The molecule has 10 nitrogen and oxygen atoms in total. The van der Waals surface area contributed by atoms with E-state index in [-0.39, 0.29) is 0 Å². The molecule has 2 amide bonds. The van der Waals surface area contributed by atoms with Crippen molar-refractivity contribution in [2.24, 2.45) is 0 Å². The molecule has 2 aliphatic heterocycles. The summed E-state index contributed by atoms with van der Waals surface area (Å²) in [6, 6.07) is -0.589. The van der Waals surface area contributed by atoms with Crippen LogP contribution >= 0.6 is 0 Å². The number of amides is 2. The Bertz CT molecular complexity index is 537. The molecule has 0 aliphatic carbocycles. The Morgan fingerprint density at radius 1 is 0.857 bits per heavy atom. The summed E-state index contributed by atoms with van der Waals surface area (Å²) in [4.78, 5) is 55.6. The van der Waals surface area contributed by atoms with Gasteiger partial charge in [-0.15, -0.1) is 0 Å². The van der Waals surface area contributed by atoms with Gasteiger partial charge in [-0.3, -0.25) is 19.2 Å². The average molecular weight is 300 g/mol. The van der Waals surface area contributed by atoms with Crippen molar-refractivity contribution >= 4 is 23.8 Å². The Morgan fingerprint density at radius 2 is 1.33 bits per heavy atom. The van der Waals surface area contributed by atoms with Gasteiger partial charge < -0.3 is 9.68 Å². The van der Waals surface area contributed by atoms with Gasteiger partial charge in [-0.25, -0.2) is 0 Å². The first kappa shape index (κ1) is 15.2. The number of hydroxylamine groups is 2. The van der Waals surface area contributed by atoms with Crippen LogP contribution in [-0.4, -0.2) is 55.9 Å². The van der Waals surface area contributed by atoms with Crippen LogP contribution in [0.15, 0.2) is 0 Å². The molecule has 0 aromatic carbocycles. The van der Waals surface area contributed by atoms with Gasteiger partial charge in [-0.2, -0.15) is 10.0 Å². The summed E-state index contributed by atoms with van der Waals surface area (Å²) in [7, 11) is 0. The lowest BCUT2D eigenvalue weighted by atomic mass is 10.1. The Balaban J connectivity index is 2.32. The number of nitrogens with zero attached hydrogens (tertiary/aromatic N) is 4. The van der Waals surface area contributed by atoms with Crippen LogP contribution in [0.2, 0.25) is 0 Å². The van der Waals surface area contributed by atoms with Crippen molar-refractivity contribution in [2.75, 3.05) is 0 Å². The van der Waals surface area contributed by atoms with E-state index >= 15 is 0 Å². The Hall–Kier alpha value is -2.20. The second kappa shape index (κ2) is 4.67. The number of hydrazine groups is 2. The molecule has 2 aliphatic rings. The van der Waals surface area contributed by atoms with Crippen LogP contribution in [-0.2, 0) is 28.9 Å². The van der Waals surface area contributed by atoms with E-state index < -0.39 is 35.6 Å². The first-order valence-electron chi connectivity index (χ1n) is 6.23. The molecule has 116 valence electrons. The highest BCUT2D eigenvalue weighted by molar-refractivity contribution is 5.81. The molecule has 0 bridgehead atoms. The van der Waals surface area contributed by atoms with Crippen LogP contribution in [0.5, 0.6) is 0 Å². The van der Waals surface area contributed by atoms with Crippen molar-refractivity contribution in [1.29, 1.82) is 0 Å². The van der Waals surface area contributed by atoms with Gasteiger partial charge >= 0.3 is 11.9 Å². The molecule has 0 saturated carbocycles. The van der Waals surface area contributed by atoms with E-state index in [0.717, 1.165) is 20.4 Å². The van der Waals surface area contributed by atoms with E-state index in [4.69, 9.17) is 9.68 Å². The van der Waals surface area contributed by atoms with Crippen molar-refractivity contribution in [1.82, 2.24) is 20.4 Å². The van der Waals surface area contributed by atoms with E-state index in [1.807, 2.05) is 0 Å². The largest absolute Gasteiger partial charge is 0.348 e. The molecule has 0 aromatic heterocycles. The second-order valence-electron chi connectivity index (χ2n) is 4.77. The Kier molecular flexibility index (Phi) is 3.38. The summed E-state index contributed by atoms with van der Waals surface area (Å²) >= 11 is 0. The van der Waals surface area contributed by atoms with Gasteiger partial charge in [0.15, 0.2) is 0 Å². The SMILES string of the molecule is CC(=O)ON1C(C)C2(N(OC(C)=O)N2C(C)=O)N1C(C)=O. The van der Waals surface area contributed by atoms with Crippen LogP contribution in [0, 0.1) is 0 Å². The average Bonchev–Trinajstić information content (AvgIpc) is 2.97. The molecule has 3 atom stereocenters. The first-order chi connectivity index (χ1) is 9.65. The van der Waals surface area contributed by atoms with Gasteiger partial charge in [0.05, 0.1) is 0 Å². The highest BCUT2D eigenvalue weighted by atomic mass is 16.8. The summed E-state index contributed by atoms with van der Waals surface area (Å²) in [5.74, 6) is -3.43. The third kappa shape index (κ3) is 1.94. The number of carbonyl (C=O) groups is 4. The fourth-order valence-electron chi connectivity index (χ4n) is 2.51. The second-order valence-corrected chi connectivity index (χ2v) is 4.77. The van der Waals surface area contributed by atoms with Crippen LogP contribution in [0.4, 0.5) is 0 Å². The van der Waals surface area contributed by atoms with Crippen molar-refractivity contribution in [3.05, 3.63) is 0 Å². The molecule has 21 heavy (non-hydrogen) atoms. The maximum absolute atomic E-state index is 11.8. The molecular formula is C11H16N4O6.